The van der Waals surface area contributed by atoms with Crippen molar-refractivity contribution in [3.05, 3.63) is 34.9 Å². The highest BCUT2D eigenvalue weighted by molar-refractivity contribution is 5.32. The van der Waals surface area contributed by atoms with Crippen LogP contribution in [-0.2, 0) is 4.74 Å². The SMILES string of the molecule is Cc1ccc(C)c(C(C)NCC2CCOCC2)c1. The summed E-state index contributed by atoms with van der Waals surface area (Å²) in [4.78, 5) is 0. The van der Waals surface area contributed by atoms with Crippen molar-refractivity contribution < 1.29 is 4.74 Å². The number of benzene rings is 1. The van der Waals surface area contributed by atoms with Crippen molar-refractivity contribution >= 4 is 0 Å². The molecule has 1 heterocycles. The van der Waals surface area contributed by atoms with Gasteiger partial charge >= 0.3 is 0 Å². The summed E-state index contributed by atoms with van der Waals surface area (Å²) in [5.41, 5.74) is 4.16. The lowest BCUT2D eigenvalue weighted by Crippen LogP contribution is -2.29. The quantitative estimate of drug-likeness (QED) is 0.880. The Kier molecular flexibility index (Phi) is 4.79. The van der Waals surface area contributed by atoms with Gasteiger partial charge in [-0.05, 0) is 57.2 Å². The molecule has 1 aromatic carbocycles. The summed E-state index contributed by atoms with van der Waals surface area (Å²) in [7, 11) is 0. The smallest absolute Gasteiger partial charge is 0.0469 e. The lowest BCUT2D eigenvalue weighted by molar-refractivity contribution is 0.0656. The Hall–Kier alpha value is -0.860. The van der Waals surface area contributed by atoms with Crippen molar-refractivity contribution in [2.45, 2.75) is 39.7 Å². The summed E-state index contributed by atoms with van der Waals surface area (Å²) in [6.45, 7) is 9.60. The minimum atomic E-state index is 0.438. The molecular formula is C16H25NO. The predicted molar refractivity (Wildman–Crippen MR) is 75.9 cm³/mol. The van der Waals surface area contributed by atoms with Crippen molar-refractivity contribution in [3.63, 3.8) is 0 Å². The van der Waals surface area contributed by atoms with Crippen molar-refractivity contribution in [1.29, 1.82) is 0 Å². The van der Waals surface area contributed by atoms with Gasteiger partial charge in [-0.3, -0.25) is 0 Å². The maximum atomic E-state index is 5.40. The van der Waals surface area contributed by atoms with E-state index in [9.17, 15) is 0 Å². The molecule has 100 valence electrons. The highest BCUT2D eigenvalue weighted by Crippen LogP contribution is 2.20. The van der Waals surface area contributed by atoms with Gasteiger partial charge in [0.05, 0.1) is 0 Å². The summed E-state index contributed by atoms with van der Waals surface area (Å²) in [6.07, 6.45) is 2.40. The lowest BCUT2D eigenvalue weighted by atomic mass is 9.97. The maximum Gasteiger partial charge on any atom is 0.0469 e. The van der Waals surface area contributed by atoms with Crippen LogP contribution in [0.1, 0.15) is 42.5 Å². The van der Waals surface area contributed by atoms with Crippen LogP contribution >= 0.6 is 0 Å². The van der Waals surface area contributed by atoms with Crippen molar-refractivity contribution in [2.24, 2.45) is 5.92 Å². The van der Waals surface area contributed by atoms with Gasteiger partial charge in [0.25, 0.3) is 0 Å². The molecule has 1 aliphatic heterocycles. The van der Waals surface area contributed by atoms with E-state index in [4.69, 9.17) is 4.74 Å². The van der Waals surface area contributed by atoms with Crippen LogP contribution in [0.2, 0.25) is 0 Å². The first kappa shape index (κ1) is 13.6. The molecule has 1 aliphatic rings. The molecule has 0 aromatic heterocycles. The first-order chi connectivity index (χ1) is 8.66. The van der Waals surface area contributed by atoms with Gasteiger partial charge in [-0.1, -0.05) is 23.8 Å². The summed E-state index contributed by atoms with van der Waals surface area (Å²) < 4.78 is 5.40. The number of ether oxygens (including phenoxy) is 1. The summed E-state index contributed by atoms with van der Waals surface area (Å²) in [5, 5.41) is 3.68. The molecule has 1 aromatic rings. The third-order valence-electron chi connectivity index (χ3n) is 3.95. The Bertz CT molecular complexity index is 383. The molecule has 1 fully saturated rings. The number of aryl methyl sites for hydroxylation is 2. The fraction of sp³-hybridized carbons (Fsp3) is 0.625. The molecule has 0 spiro atoms. The van der Waals surface area contributed by atoms with E-state index in [1.807, 2.05) is 0 Å². The summed E-state index contributed by atoms with van der Waals surface area (Å²) in [5.74, 6) is 0.784. The van der Waals surface area contributed by atoms with Crippen molar-refractivity contribution in [1.82, 2.24) is 5.32 Å². The van der Waals surface area contributed by atoms with Gasteiger partial charge in [-0.2, -0.15) is 0 Å². The zero-order chi connectivity index (χ0) is 13.0. The molecule has 1 unspecified atom stereocenters. The molecule has 0 saturated carbocycles. The molecule has 0 bridgehead atoms. The minimum absolute atomic E-state index is 0.438. The van der Waals surface area contributed by atoms with Crippen LogP contribution in [0.4, 0.5) is 0 Å². The number of hydrogen-bond acceptors (Lipinski definition) is 2. The highest BCUT2D eigenvalue weighted by Gasteiger charge is 2.15. The molecule has 1 atom stereocenters. The van der Waals surface area contributed by atoms with E-state index in [0.717, 1.165) is 25.7 Å². The monoisotopic (exact) mass is 247 g/mol. The average molecular weight is 247 g/mol. The largest absolute Gasteiger partial charge is 0.381 e. The van der Waals surface area contributed by atoms with Crippen molar-refractivity contribution in [3.8, 4) is 0 Å². The Labute approximate surface area is 111 Å². The number of nitrogens with one attached hydrogen (secondary N) is 1. The second kappa shape index (κ2) is 6.35. The predicted octanol–water partition coefficient (Wildman–Crippen LogP) is 3.38. The lowest BCUT2D eigenvalue weighted by Gasteiger charge is -2.25. The molecule has 0 radical (unpaired) electrons. The summed E-state index contributed by atoms with van der Waals surface area (Å²) in [6, 6.07) is 7.14. The third kappa shape index (κ3) is 3.56. The van der Waals surface area contributed by atoms with Gasteiger partial charge in [0.15, 0.2) is 0 Å². The Morgan fingerprint density at radius 2 is 2.00 bits per heavy atom. The molecule has 18 heavy (non-hydrogen) atoms. The van der Waals surface area contributed by atoms with Crippen LogP contribution in [0, 0.1) is 19.8 Å². The van der Waals surface area contributed by atoms with E-state index < -0.39 is 0 Å². The van der Waals surface area contributed by atoms with Crippen LogP contribution in [0.15, 0.2) is 18.2 Å². The molecule has 2 rings (SSSR count). The molecule has 1 saturated heterocycles. The van der Waals surface area contributed by atoms with E-state index in [1.165, 1.54) is 29.5 Å². The molecule has 0 amide bonds. The summed E-state index contributed by atoms with van der Waals surface area (Å²) >= 11 is 0. The van der Waals surface area contributed by atoms with Gasteiger partial charge in [-0.15, -0.1) is 0 Å². The average Bonchev–Trinajstić information content (AvgIpc) is 2.40. The van der Waals surface area contributed by atoms with E-state index in [1.54, 1.807) is 0 Å². The second-order valence-corrected chi connectivity index (χ2v) is 5.55. The van der Waals surface area contributed by atoms with Crippen LogP contribution in [-0.4, -0.2) is 19.8 Å². The van der Waals surface area contributed by atoms with Gasteiger partial charge in [-0.25, -0.2) is 0 Å². The minimum Gasteiger partial charge on any atom is -0.381 e. The van der Waals surface area contributed by atoms with Crippen LogP contribution < -0.4 is 5.32 Å². The Morgan fingerprint density at radius 3 is 2.72 bits per heavy atom. The topological polar surface area (TPSA) is 21.3 Å². The zero-order valence-corrected chi connectivity index (χ0v) is 11.8. The standard InChI is InChI=1S/C16H25NO/c1-12-4-5-13(2)16(10-12)14(3)17-11-15-6-8-18-9-7-15/h4-5,10,14-15,17H,6-9,11H2,1-3H3. The second-order valence-electron chi connectivity index (χ2n) is 5.55. The third-order valence-corrected chi connectivity index (χ3v) is 3.95. The van der Waals surface area contributed by atoms with E-state index in [0.29, 0.717) is 6.04 Å². The van der Waals surface area contributed by atoms with Crippen molar-refractivity contribution in [2.75, 3.05) is 19.8 Å². The molecular weight excluding hydrogens is 222 g/mol. The first-order valence-corrected chi connectivity index (χ1v) is 7.05. The Morgan fingerprint density at radius 1 is 1.28 bits per heavy atom. The van der Waals surface area contributed by atoms with E-state index in [-0.39, 0.29) is 0 Å². The zero-order valence-electron chi connectivity index (χ0n) is 11.8. The van der Waals surface area contributed by atoms with Crippen LogP contribution in [0.5, 0.6) is 0 Å². The first-order valence-electron chi connectivity index (χ1n) is 7.05. The van der Waals surface area contributed by atoms with E-state index >= 15 is 0 Å². The van der Waals surface area contributed by atoms with E-state index in [2.05, 4.69) is 44.3 Å². The van der Waals surface area contributed by atoms with Crippen LogP contribution in [0.25, 0.3) is 0 Å². The molecule has 1 N–H and O–H groups in total. The van der Waals surface area contributed by atoms with Gasteiger partial charge < -0.3 is 10.1 Å². The fourth-order valence-electron chi connectivity index (χ4n) is 2.63. The molecule has 2 heteroatoms. The Balaban J connectivity index is 1.90. The normalized spacial score (nSPS) is 18.8. The van der Waals surface area contributed by atoms with Gasteiger partial charge in [0.1, 0.15) is 0 Å². The van der Waals surface area contributed by atoms with Crippen LogP contribution in [0.3, 0.4) is 0 Å². The van der Waals surface area contributed by atoms with Gasteiger partial charge in [0.2, 0.25) is 0 Å². The molecule has 0 aliphatic carbocycles. The highest BCUT2D eigenvalue weighted by atomic mass is 16.5. The maximum absolute atomic E-state index is 5.40. The van der Waals surface area contributed by atoms with Gasteiger partial charge in [0, 0.05) is 19.3 Å². The number of rotatable bonds is 4. The fourth-order valence-corrected chi connectivity index (χ4v) is 2.63. The number of hydrogen-bond donors (Lipinski definition) is 1. The molecule has 2 nitrogen and oxygen atoms in total.